The highest BCUT2D eigenvalue weighted by Crippen LogP contribution is 2.49. The Balaban J connectivity index is 0.000000454. The summed E-state index contributed by atoms with van der Waals surface area (Å²) >= 11 is 1.10. The molecule has 2 aliphatic rings. The first-order chi connectivity index (χ1) is 16.6. The second-order valence-electron chi connectivity index (χ2n) is 8.18. The first kappa shape index (κ1) is 27.6. The Morgan fingerprint density at radius 3 is 2.31 bits per heavy atom. The van der Waals surface area contributed by atoms with Crippen molar-refractivity contribution in [3.63, 3.8) is 0 Å². The number of carboxylic acid groups (broad SMARTS) is 1. The van der Waals surface area contributed by atoms with Crippen molar-refractivity contribution in [3.8, 4) is 0 Å². The number of carbonyl (C=O) groups excluding carboxylic acids is 1. The smallest absolute Gasteiger partial charge is 0.475 e. The van der Waals surface area contributed by atoms with Crippen LogP contribution in [0.5, 0.6) is 0 Å². The van der Waals surface area contributed by atoms with Crippen LogP contribution >= 0.6 is 11.8 Å². The Kier molecular flexibility index (Phi) is 8.08. The third-order valence-electron chi connectivity index (χ3n) is 5.44. The lowest BCUT2D eigenvalue weighted by molar-refractivity contribution is -0.192. The Labute approximate surface area is 204 Å². The van der Waals surface area contributed by atoms with Gasteiger partial charge >= 0.3 is 18.3 Å². The fourth-order valence-electron chi connectivity index (χ4n) is 3.73. The Bertz CT molecular complexity index is 1150. The number of fused-ring (bicyclic) bond motifs is 2. The van der Waals surface area contributed by atoms with Gasteiger partial charge in [-0.3, -0.25) is 4.79 Å². The van der Waals surface area contributed by atoms with Gasteiger partial charge in [0.2, 0.25) is 5.91 Å². The van der Waals surface area contributed by atoms with Gasteiger partial charge in [-0.05, 0) is 49.6 Å². The number of nitrogens with two attached hydrogens (primary N) is 1. The molecule has 0 bridgehead atoms. The van der Waals surface area contributed by atoms with Crippen molar-refractivity contribution in [2.75, 3.05) is 10.6 Å². The van der Waals surface area contributed by atoms with Crippen LogP contribution in [0.3, 0.4) is 0 Å². The van der Waals surface area contributed by atoms with Gasteiger partial charge in [-0.2, -0.15) is 26.3 Å². The molecule has 0 aromatic heterocycles. The molecular weight excluding hydrogens is 519 g/mol. The van der Waals surface area contributed by atoms with Crippen LogP contribution in [-0.2, 0) is 15.8 Å². The molecule has 1 aliphatic heterocycles. The molecule has 1 fully saturated rings. The van der Waals surface area contributed by atoms with Crippen LogP contribution in [0.2, 0.25) is 0 Å². The van der Waals surface area contributed by atoms with Gasteiger partial charge in [-0.15, -0.1) is 0 Å². The first-order valence-corrected chi connectivity index (χ1v) is 11.3. The topological polar surface area (TPSA) is 104 Å². The van der Waals surface area contributed by atoms with Crippen molar-refractivity contribution in [3.05, 3.63) is 41.7 Å². The molecule has 2 unspecified atom stereocenters. The fourth-order valence-corrected chi connectivity index (χ4v) is 4.77. The maximum Gasteiger partial charge on any atom is 0.490 e. The number of benzene rings is 2. The van der Waals surface area contributed by atoms with E-state index >= 15 is 0 Å². The van der Waals surface area contributed by atoms with Crippen LogP contribution in [0.15, 0.2) is 40.1 Å². The van der Waals surface area contributed by atoms with Gasteiger partial charge in [0.05, 0.1) is 22.6 Å². The molecule has 14 heteroatoms. The molecule has 1 aliphatic carbocycles. The summed E-state index contributed by atoms with van der Waals surface area (Å²) in [6.45, 7) is 0. The summed E-state index contributed by atoms with van der Waals surface area (Å²) in [5, 5.41) is 12.8. The molecule has 1 saturated carbocycles. The zero-order chi connectivity index (χ0) is 26.8. The lowest BCUT2D eigenvalue weighted by Crippen LogP contribution is -2.34. The summed E-state index contributed by atoms with van der Waals surface area (Å²) in [5.74, 6) is -3.91. The van der Waals surface area contributed by atoms with Crippen molar-refractivity contribution < 1.29 is 45.4 Å². The van der Waals surface area contributed by atoms with Gasteiger partial charge in [-0.25, -0.2) is 9.18 Å². The van der Waals surface area contributed by atoms with Crippen LogP contribution in [0.1, 0.15) is 31.2 Å². The molecule has 4 rings (SSSR count). The van der Waals surface area contributed by atoms with Crippen LogP contribution in [0.25, 0.3) is 0 Å². The third-order valence-corrected chi connectivity index (χ3v) is 6.55. The third kappa shape index (κ3) is 6.81. The Morgan fingerprint density at radius 1 is 1.06 bits per heavy atom. The Hall–Kier alpha value is -3.00. The second kappa shape index (κ2) is 10.5. The number of halogens is 7. The molecule has 1 heterocycles. The van der Waals surface area contributed by atoms with Crippen molar-refractivity contribution in [1.82, 2.24) is 0 Å². The molecule has 0 spiro atoms. The van der Waals surface area contributed by atoms with E-state index < -0.39 is 29.7 Å². The summed E-state index contributed by atoms with van der Waals surface area (Å²) in [7, 11) is 0. The highest BCUT2D eigenvalue weighted by Gasteiger charge is 2.38. The van der Waals surface area contributed by atoms with E-state index in [0.29, 0.717) is 34.0 Å². The van der Waals surface area contributed by atoms with Crippen molar-refractivity contribution in [2.24, 2.45) is 11.7 Å². The summed E-state index contributed by atoms with van der Waals surface area (Å²) < 4.78 is 85.6. The van der Waals surface area contributed by atoms with Gasteiger partial charge in [0.15, 0.2) is 0 Å². The molecule has 0 saturated heterocycles. The van der Waals surface area contributed by atoms with E-state index in [1.54, 1.807) is 0 Å². The number of hydrogen-bond donors (Lipinski definition) is 4. The largest absolute Gasteiger partial charge is 0.490 e. The second-order valence-corrected chi connectivity index (χ2v) is 9.26. The number of alkyl halides is 6. The number of aliphatic carboxylic acids is 1. The minimum absolute atomic E-state index is 0.0291. The quantitative estimate of drug-likeness (QED) is 0.292. The predicted molar refractivity (Wildman–Crippen MR) is 118 cm³/mol. The van der Waals surface area contributed by atoms with Crippen LogP contribution in [0.4, 0.5) is 47.8 Å². The summed E-state index contributed by atoms with van der Waals surface area (Å²) in [5.41, 5.74) is 5.88. The summed E-state index contributed by atoms with van der Waals surface area (Å²) in [6, 6.07) is 5.89. The van der Waals surface area contributed by atoms with E-state index in [9.17, 15) is 35.5 Å². The average Bonchev–Trinajstić information content (AvgIpc) is 2.77. The normalized spacial score (nSPS) is 19.1. The van der Waals surface area contributed by atoms with Gasteiger partial charge in [0.1, 0.15) is 5.82 Å². The predicted octanol–water partition coefficient (Wildman–Crippen LogP) is 6.14. The minimum Gasteiger partial charge on any atom is -0.475 e. The van der Waals surface area contributed by atoms with E-state index in [1.807, 2.05) is 0 Å². The van der Waals surface area contributed by atoms with Gasteiger partial charge < -0.3 is 21.5 Å². The first-order valence-electron chi connectivity index (χ1n) is 10.5. The van der Waals surface area contributed by atoms with Gasteiger partial charge in [-0.1, -0.05) is 18.2 Å². The van der Waals surface area contributed by atoms with Crippen LogP contribution in [0, 0.1) is 11.7 Å². The van der Waals surface area contributed by atoms with E-state index in [4.69, 9.17) is 15.6 Å². The number of rotatable bonds is 2. The highest BCUT2D eigenvalue weighted by molar-refractivity contribution is 7.99. The molecule has 196 valence electrons. The summed E-state index contributed by atoms with van der Waals surface area (Å²) in [4.78, 5) is 22.5. The molecule has 5 N–H and O–H groups in total. The highest BCUT2D eigenvalue weighted by atomic mass is 32.2. The van der Waals surface area contributed by atoms with Crippen molar-refractivity contribution in [1.29, 1.82) is 0 Å². The molecule has 1 amide bonds. The van der Waals surface area contributed by atoms with E-state index in [0.717, 1.165) is 36.7 Å². The molecular formula is C22H20F7N3O3S. The fraction of sp³-hybridized carbons (Fsp3) is 0.364. The van der Waals surface area contributed by atoms with Gasteiger partial charge in [0.25, 0.3) is 0 Å². The number of hydrogen-bond acceptors (Lipinski definition) is 5. The number of carboxylic acids is 1. The Morgan fingerprint density at radius 2 is 1.72 bits per heavy atom. The molecule has 2 aromatic rings. The van der Waals surface area contributed by atoms with Crippen LogP contribution in [-0.4, -0.2) is 29.2 Å². The molecule has 0 radical (unpaired) electrons. The molecule has 36 heavy (non-hydrogen) atoms. The number of amides is 1. The number of carbonyl (C=O) groups is 2. The monoisotopic (exact) mass is 539 g/mol. The summed E-state index contributed by atoms with van der Waals surface area (Å²) in [6.07, 6.45) is -6.85. The zero-order valence-electron chi connectivity index (χ0n) is 18.3. The number of nitrogens with one attached hydrogen (secondary N) is 2. The van der Waals surface area contributed by atoms with E-state index in [1.165, 1.54) is 18.2 Å². The molecule has 2 atom stereocenters. The zero-order valence-corrected chi connectivity index (χ0v) is 19.1. The average molecular weight is 539 g/mol. The van der Waals surface area contributed by atoms with E-state index in [2.05, 4.69) is 10.6 Å². The maximum absolute atomic E-state index is 13.6. The minimum atomic E-state index is -5.08. The lowest BCUT2D eigenvalue weighted by atomic mass is 9.85. The van der Waals surface area contributed by atoms with Gasteiger partial charge in [0, 0.05) is 21.8 Å². The molecule has 2 aromatic carbocycles. The maximum atomic E-state index is 13.6. The van der Waals surface area contributed by atoms with Crippen LogP contribution < -0.4 is 16.4 Å². The standard InChI is InChI=1S/C20H19F4N3OS.C2HF3O2/c21-12-4-5-16-14(9-12)26-18-15(7-11(20(22,23)24)8-17(18)29-16)27-19(28)10-2-1-3-13(25)6-10;3-2(4,5)1(6)7/h4-5,7-10,13,26H,1-3,6,25H2,(H,27,28);(H,6,7). The molecule has 6 nitrogen and oxygen atoms in total. The van der Waals surface area contributed by atoms with Crippen molar-refractivity contribution >= 4 is 40.7 Å². The SMILES string of the molecule is NC1CCCC(C(=O)Nc2cc(C(F)(F)F)cc3c2Nc2cc(F)ccc2S3)C1.O=C(O)C(F)(F)F. The van der Waals surface area contributed by atoms with Crippen molar-refractivity contribution in [2.45, 2.75) is 53.9 Å². The number of anilines is 3. The van der Waals surface area contributed by atoms with E-state index in [-0.39, 0.29) is 23.6 Å². The lowest BCUT2D eigenvalue weighted by Gasteiger charge is -2.28.